The lowest BCUT2D eigenvalue weighted by Crippen LogP contribution is -2.20. The van der Waals surface area contributed by atoms with Crippen LogP contribution in [0, 0.1) is 13.8 Å². The quantitative estimate of drug-likeness (QED) is 0.369. The number of nitrogens with one attached hydrogen (secondary N) is 3. The summed E-state index contributed by atoms with van der Waals surface area (Å²) in [4.78, 5) is 28.8. The molecule has 9 heteroatoms. The van der Waals surface area contributed by atoms with Crippen molar-refractivity contribution in [3.05, 3.63) is 84.4 Å². The lowest BCUT2D eigenvalue weighted by molar-refractivity contribution is -0.118. The Labute approximate surface area is 191 Å². The van der Waals surface area contributed by atoms with E-state index in [2.05, 4.69) is 35.9 Å². The van der Waals surface area contributed by atoms with Crippen molar-refractivity contribution in [2.75, 3.05) is 22.6 Å². The zero-order valence-electron chi connectivity index (χ0n) is 18.2. The van der Waals surface area contributed by atoms with Gasteiger partial charge in [0.1, 0.15) is 17.5 Å². The van der Waals surface area contributed by atoms with E-state index in [1.807, 2.05) is 56.3 Å². The molecule has 0 aliphatic rings. The first-order valence-electron chi connectivity index (χ1n) is 10.3. The molecule has 0 saturated heterocycles. The number of carbonyl (C=O) groups is 1. The number of hydrogen-bond acceptors (Lipinski definition) is 8. The summed E-state index contributed by atoms with van der Waals surface area (Å²) < 4.78 is 5.25. The molecule has 2 aromatic carbocycles. The van der Waals surface area contributed by atoms with Gasteiger partial charge in [-0.1, -0.05) is 17.7 Å². The van der Waals surface area contributed by atoms with E-state index in [4.69, 9.17) is 4.74 Å². The van der Waals surface area contributed by atoms with Crippen LogP contribution in [0.15, 0.2) is 73.1 Å². The first kappa shape index (κ1) is 21.7. The Bertz CT molecular complexity index is 1210. The Balaban J connectivity index is 1.35. The van der Waals surface area contributed by atoms with Crippen LogP contribution in [-0.2, 0) is 4.79 Å². The first-order valence-corrected chi connectivity index (χ1v) is 10.3. The monoisotopic (exact) mass is 441 g/mol. The Morgan fingerprint density at radius 2 is 1.36 bits per heavy atom. The highest BCUT2D eigenvalue weighted by Gasteiger charge is 2.07. The molecular formula is C24H23N7O2. The van der Waals surface area contributed by atoms with Crippen molar-refractivity contribution in [3.63, 3.8) is 0 Å². The molecule has 33 heavy (non-hydrogen) atoms. The predicted octanol–water partition coefficient (Wildman–Crippen LogP) is 4.39. The summed E-state index contributed by atoms with van der Waals surface area (Å²) in [5.41, 5.74) is 3.61. The lowest BCUT2D eigenvalue weighted by atomic mass is 10.2. The van der Waals surface area contributed by atoms with E-state index >= 15 is 0 Å². The van der Waals surface area contributed by atoms with Gasteiger partial charge in [-0.15, -0.1) is 0 Å². The van der Waals surface area contributed by atoms with E-state index < -0.39 is 0 Å². The Morgan fingerprint density at radius 1 is 0.818 bits per heavy atom. The molecule has 0 radical (unpaired) electrons. The molecular weight excluding hydrogens is 418 g/mol. The lowest BCUT2D eigenvalue weighted by Gasteiger charge is -2.11. The van der Waals surface area contributed by atoms with Crippen LogP contribution < -0.4 is 20.7 Å². The Morgan fingerprint density at radius 3 is 1.97 bits per heavy atom. The second-order valence-corrected chi connectivity index (χ2v) is 7.25. The maximum atomic E-state index is 12.1. The summed E-state index contributed by atoms with van der Waals surface area (Å²) in [6, 6.07) is 19.0. The van der Waals surface area contributed by atoms with Gasteiger partial charge in [0.25, 0.3) is 5.91 Å². The van der Waals surface area contributed by atoms with Crippen molar-refractivity contribution < 1.29 is 9.53 Å². The van der Waals surface area contributed by atoms with Crippen LogP contribution in [0.1, 0.15) is 11.4 Å². The third-order valence-electron chi connectivity index (χ3n) is 4.48. The SMILES string of the molecule is Cc1ccc(Nc2cc(Nc3ccc(NC(=O)COc4ncccn4)cc3)nc(C)n2)cc1. The Hall–Kier alpha value is -4.53. The average Bonchev–Trinajstić information content (AvgIpc) is 2.81. The molecule has 0 unspecified atom stereocenters. The minimum absolute atomic E-state index is 0.156. The molecule has 2 aromatic heterocycles. The smallest absolute Gasteiger partial charge is 0.316 e. The summed E-state index contributed by atoms with van der Waals surface area (Å²) in [5.74, 6) is 1.69. The molecule has 0 aliphatic carbocycles. The standard InChI is InChI=1S/C24H23N7O2/c1-16-4-6-18(7-5-16)29-21-14-22(28-17(2)27-21)30-19-8-10-20(11-9-19)31-23(32)15-33-24-25-12-3-13-26-24/h3-14H,15H2,1-2H3,(H,31,32)(H2,27,28,29,30). The number of aromatic nitrogens is 4. The van der Waals surface area contributed by atoms with Gasteiger partial charge in [0.15, 0.2) is 6.61 Å². The van der Waals surface area contributed by atoms with E-state index in [9.17, 15) is 4.79 Å². The zero-order valence-corrected chi connectivity index (χ0v) is 18.2. The highest BCUT2D eigenvalue weighted by molar-refractivity contribution is 5.92. The summed E-state index contributed by atoms with van der Waals surface area (Å²) in [6.45, 7) is 3.71. The molecule has 4 rings (SSSR count). The summed E-state index contributed by atoms with van der Waals surface area (Å²) in [5, 5.41) is 9.33. The van der Waals surface area contributed by atoms with Crippen molar-refractivity contribution >= 4 is 34.6 Å². The van der Waals surface area contributed by atoms with Gasteiger partial charge in [-0.05, 0) is 56.3 Å². The van der Waals surface area contributed by atoms with Crippen molar-refractivity contribution in [1.82, 2.24) is 19.9 Å². The summed E-state index contributed by atoms with van der Waals surface area (Å²) in [7, 11) is 0. The number of rotatable bonds is 8. The number of anilines is 5. The maximum Gasteiger partial charge on any atom is 0.316 e. The van der Waals surface area contributed by atoms with Gasteiger partial charge in [0.05, 0.1) is 0 Å². The van der Waals surface area contributed by atoms with Gasteiger partial charge in [0, 0.05) is 35.5 Å². The van der Waals surface area contributed by atoms with Gasteiger partial charge < -0.3 is 20.7 Å². The largest absolute Gasteiger partial charge is 0.453 e. The third kappa shape index (κ3) is 6.47. The number of benzene rings is 2. The van der Waals surface area contributed by atoms with Crippen LogP contribution in [-0.4, -0.2) is 32.4 Å². The van der Waals surface area contributed by atoms with Gasteiger partial charge >= 0.3 is 6.01 Å². The molecule has 3 N–H and O–H groups in total. The fourth-order valence-corrected chi connectivity index (χ4v) is 2.95. The predicted molar refractivity (Wildman–Crippen MR) is 127 cm³/mol. The van der Waals surface area contributed by atoms with Crippen LogP contribution in [0.25, 0.3) is 0 Å². The molecule has 0 atom stereocenters. The molecule has 0 fully saturated rings. The average molecular weight is 441 g/mol. The third-order valence-corrected chi connectivity index (χ3v) is 4.48. The van der Waals surface area contributed by atoms with Crippen molar-refractivity contribution in [2.24, 2.45) is 0 Å². The molecule has 9 nitrogen and oxygen atoms in total. The number of aryl methyl sites for hydroxylation is 2. The fraction of sp³-hybridized carbons (Fsp3) is 0.125. The molecule has 1 amide bonds. The minimum Gasteiger partial charge on any atom is -0.453 e. The van der Waals surface area contributed by atoms with Crippen molar-refractivity contribution in [1.29, 1.82) is 0 Å². The van der Waals surface area contributed by atoms with Crippen LogP contribution >= 0.6 is 0 Å². The molecule has 0 spiro atoms. The first-order chi connectivity index (χ1) is 16.0. The van der Waals surface area contributed by atoms with Gasteiger partial charge in [0.2, 0.25) is 0 Å². The maximum absolute atomic E-state index is 12.1. The van der Waals surface area contributed by atoms with E-state index in [0.717, 1.165) is 11.4 Å². The van der Waals surface area contributed by atoms with E-state index in [1.54, 1.807) is 30.6 Å². The Kier molecular flexibility index (Phi) is 6.70. The topological polar surface area (TPSA) is 114 Å². The van der Waals surface area contributed by atoms with E-state index in [1.165, 1.54) is 5.56 Å². The van der Waals surface area contributed by atoms with Crippen LogP contribution in [0.3, 0.4) is 0 Å². The number of carbonyl (C=O) groups excluding carboxylic acids is 1. The molecule has 4 aromatic rings. The van der Waals surface area contributed by atoms with E-state index in [-0.39, 0.29) is 18.5 Å². The van der Waals surface area contributed by atoms with Crippen molar-refractivity contribution in [2.45, 2.75) is 13.8 Å². The summed E-state index contributed by atoms with van der Waals surface area (Å²) >= 11 is 0. The summed E-state index contributed by atoms with van der Waals surface area (Å²) in [6.07, 6.45) is 3.10. The number of hydrogen-bond donors (Lipinski definition) is 3. The molecule has 0 saturated carbocycles. The number of nitrogens with zero attached hydrogens (tertiary/aromatic N) is 4. The van der Waals surface area contributed by atoms with Gasteiger partial charge in [-0.2, -0.15) is 0 Å². The molecule has 2 heterocycles. The van der Waals surface area contributed by atoms with Crippen LogP contribution in [0.4, 0.5) is 28.7 Å². The highest BCUT2D eigenvalue weighted by atomic mass is 16.5. The van der Waals surface area contributed by atoms with Crippen LogP contribution in [0.5, 0.6) is 6.01 Å². The normalized spacial score (nSPS) is 10.4. The molecule has 0 aliphatic heterocycles. The zero-order chi connectivity index (χ0) is 23.0. The number of amides is 1. The minimum atomic E-state index is -0.304. The fourth-order valence-electron chi connectivity index (χ4n) is 2.95. The second-order valence-electron chi connectivity index (χ2n) is 7.25. The van der Waals surface area contributed by atoms with Gasteiger partial charge in [-0.3, -0.25) is 4.79 Å². The van der Waals surface area contributed by atoms with Crippen molar-refractivity contribution in [3.8, 4) is 6.01 Å². The van der Waals surface area contributed by atoms with Crippen LogP contribution in [0.2, 0.25) is 0 Å². The molecule has 166 valence electrons. The molecule has 0 bridgehead atoms. The van der Waals surface area contributed by atoms with Gasteiger partial charge in [-0.25, -0.2) is 19.9 Å². The van der Waals surface area contributed by atoms with E-state index in [0.29, 0.717) is 23.1 Å². The highest BCUT2D eigenvalue weighted by Crippen LogP contribution is 2.22. The number of ether oxygens (including phenoxy) is 1. The second kappa shape index (κ2) is 10.2.